The van der Waals surface area contributed by atoms with E-state index in [0.29, 0.717) is 11.0 Å². The maximum atomic E-state index is 13.3. The zero-order valence-corrected chi connectivity index (χ0v) is 15.4. The van der Waals surface area contributed by atoms with Gasteiger partial charge in [-0.15, -0.1) is 11.3 Å². The second-order valence-corrected chi connectivity index (χ2v) is 7.33. The molecule has 1 aromatic carbocycles. The van der Waals surface area contributed by atoms with E-state index in [2.05, 4.69) is 20.3 Å². The molecule has 3 aromatic rings. The molecule has 3 N–H and O–H groups in total. The highest BCUT2D eigenvalue weighted by Gasteiger charge is 2.26. The Bertz CT molecular complexity index is 943. The topological polar surface area (TPSA) is 91.2 Å². The van der Waals surface area contributed by atoms with Gasteiger partial charge in [-0.25, -0.2) is 19.3 Å². The fourth-order valence-electron chi connectivity index (χ4n) is 2.36. The van der Waals surface area contributed by atoms with Crippen LogP contribution < -0.4 is 5.32 Å². The minimum absolute atomic E-state index is 0.272. The molecule has 0 amide bonds. The third-order valence-electron chi connectivity index (χ3n) is 3.81. The van der Waals surface area contributed by atoms with Crippen LogP contribution in [-0.4, -0.2) is 31.8 Å². The maximum absolute atomic E-state index is 13.3. The standard InChI is InChI=1S/C18H19FN4O2S/c1-10-4-12(15-8-20-16(26-15)18(3,25)9-24)6-13(5-10)23-17-21-7-14(19)11(2)22-17/h4-8,24-25H,9H2,1-3H3,(H,21,22,23). The predicted molar refractivity (Wildman–Crippen MR) is 99.0 cm³/mol. The van der Waals surface area contributed by atoms with Gasteiger partial charge in [0.05, 0.1) is 23.4 Å². The molecule has 136 valence electrons. The van der Waals surface area contributed by atoms with Crippen LogP contribution in [0, 0.1) is 19.7 Å². The highest BCUT2D eigenvalue weighted by molar-refractivity contribution is 7.15. The number of aromatic nitrogens is 3. The normalized spacial score (nSPS) is 13.5. The van der Waals surface area contributed by atoms with Gasteiger partial charge >= 0.3 is 0 Å². The Hall–Kier alpha value is -2.42. The minimum atomic E-state index is -1.37. The van der Waals surface area contributed by atoms with E-state index in [-0.39, 0.29) is 5.69 Å². The van der Waals surface area contributed by atoms with Crippen LogP contribution in [0.2, 0.25) is 0 Å². The average molecular weight is 374 g/mol. The van der Waals surface area contributed by atoms with E-state index in [4.69, 9.17) is 0 Å². The lowest BCUT2D eigenvalue weighted by atomic mass is 10.1. The number of aliphatic hydroxyl groups excluding tert-OH is 1. The maximum Gasteiger partial charge on any atom is 0.227 e. The number of benzene rings is 1. The lowest BCUT2D eigenvalue weighted by molar-refractivity contribution is -0.00244. The van der Waals surface area contributed by atoms with Gasteiger partial charge in [0, 0.05) is 11.9 Å². The van der Waals surface area contributed by atoms with E-state index in [1.54, 1.807) is 13.1 Å². The fourth-order valence-corrected chi connectivity index (χ4v) is 3.30. The van der Waals surface area contributed by atoms with Gasteiger partial charge in [-0.1, -0.05) is 6.07 Å². The summed E-state index contributed by atoms with van der Waals surface area (Å²) in [4.78, 5) is 13.1. The molecule has 0 radical (unpaired) electrons. The number of anilines is 2. The first-order chi connectivity index (χ1) is 12.3. The second kappa shape index (κ2) is 7.06. The van der Waals surface area contributed by atoms with Crippen molar-refractivity contribution in [2.24, 2.45) is 0 Å². The Balaban J connectivity index is 1.91. The number of hydrogen-bond acceptors (Lipinski definition) is 7. The molecule has 0 aliphatic rings. The van der Waals surface area contributed by atoms with Crippen LogP contribution in [0.15, 0.2) is 30.6 Å². The smallest absolute Gasteiger partial charge is 0.227 e. The number of aliphatic hydroxyl groups is 2. The summed E-state index contributed by atoms with van der Waals surface area (Å²) < 4.78 is 13.3. The average Bonchev–Trinajstić information content (AvgIpc) is 3.09. The lowest BCUT2D eigenvalue weighted by Gasteiger charge is -2.16. The molecule has 2 heterocycles. The number of halogens is 1. The molecule has 0 saturated carbocycles. The van der Waals surface area contributed by atoms with Crippen molar-refractivity contribution >= 4 is 23.0 Å². The van der Waals surface area contributed by atoms with Crippen molar-refractivity contribution in [1.82, 2.24) is 15.0 Å². The minimum Gasteiger partial charge on any atom is -0.393 e. The van der Waals surface area contributed by atoms with E-state index in [9.17, 15) is 14.6 Å². The first-order valence-corrected chi connectivity index (χ1v) is 8.78. The Morgan fingerprint density at radius 1 is 1.19 bits per heavy atom. The molecule has 0 aliphatic carbocycles. The summed E-state index contributed by atoms with van der Waals surface area (Å²) in [5, 5.41) is 23.0. The van der Waals surface area contributed by atoms with Crippen LogP contribution in [0.1, 0.15) is 23.2 Å². The van der Waals surface area contributed by atoms with Crippen LogP contribution >= 0.6 is 11.3 Å². The van der Waals surface area contributed by atoms with Crippen molar-refractivity contribution in [2.45, 2.75) is 26.4 Å². The summed E-state index contributed by atoms with van der Waals surface area (Å²) in [6.45, 7) is 4.65. The van der Waals surface area contributed by atoms with Gasteiger partial charge in [-0.05, 0) is 44.0 Å². The van der Waals surface area contributed by atoms with Crippen molar-refractivity contribution in [3.8, 4) is 10.4 Å². The van der Waals surface area contributed by atoms with Crippen LogP contribution in [-0.2, 0) is 5.60 Å². The van der Waals surface area contributed by atoms with Gasteiger partial charge in [0.2, 0.25) is 5.95 Å². The summed E-state index contributed by atoms with van der Waals surface area (Å²) in [6.07, 6.45) is 2.80. The number of thiazole rings is 1. The molecule has 2 aromatic heterocycles. The Labute approximate surface area is 154 Å². The molecule has 8 heteroatoms. The van der Waals surface area contributed by atoms with Gasteiger partial charge in [-0.2, -0.15) is 0 Å². The van der Waals surface area contributed by atoms with E-state index in [0.717, 1.165) is 27.9 Å². The summed E-state index contributed by atoms with van der Waals surface area (Å²) in [5.41, 5.74) is 1.58. The van der Waals surface area contributed by atoms with E-state index < -0.39 is 18.0 Å². The Kier molecular flexibility index (Phi) is 4.99. The Morgan fingerprint density at radius 2 is 1.96 bits per heavy atom. The highest BCUT2D eigenvalue weighted by Crippen LogP contribution is 2.33. The molecule has 0 bridgehead atoms. The molecule has 1 atom stereocenters. The zero-order valence-electron chi connectivity index (χ0n) is 14.6. The lowest BCUT2D eigenvalue weighted by Crippen LogP contribution is -2.25. The molecule has 3 rings (SSSR count). The molecular formula is C18H19FN4O2S. The van der Waals surface area contributed by atoms with Crippen molar-refractivity contribution < 1.29 is 14.6 Å². The number of nitrogens with one attached hydrogen (secondary N) is 1. The Morgan fingerprint density at radius 3 is 2.65 bits per heavy atom. The number of nitrogens with zero attached hydrogens (tertiary/aromatic N) is 3. The van der Waals surface area contributed by atoms with Gasteiger partial charge < -0.3 is 15.5 Å². The quantitative estimate of drug-likeness (QED) is 0.635. The summed E-state index contributed by atoms with van der Waals surface area (Å²) >= 11 is 1.32. The van der Waals surface area contributed by atoms with Gasteiger partial charge in [0.25, 0.3) is 0 Å². The molecule has 0 spiro atoms. The van der Waals surface area contributed by atoms with Crippen molar-refractivity contribution in [2.75, 3.05) is 11.9 Å². The first-order valence-electron chi connectivity index (χ1n) is 7.96. The molecule has 0 saturated heterocycles. The second-order valence-electron chi connectivity index (χ2n) is 6.30. The van der Waals surface area contributed by atoms with Crippen LogP contribution in [0.5, 0.6) is 0 Å². The van der Waals surface area contributed by atoms with E-state index in [1.165, 1.54) is 18.3 Å². The predicted octanol–water partition coefficient (Wildman–Crippen LogP) is 3.30. The summed E-state index contributed by atoms with van der Waals surface area (Å²) in [6, 6.07) is 5.82. The monoisotopic (exact) mass is 374 g/mol. The van der Waals surface area contributed by atoms with Crippen LogP contribution in [0.4, 0.5) is 16.0 Å². The third-order valence-corrected chi connectivity index (χ3v) is 5.11. The molecular weight excluding hydrogens is 355 g/mol. The fraction of sp³-hybridized carbons (Fsp3) is 0.278. The van der Waals surface area contributed by atoms with Gasteiger partial charge in [0.1, 0.15) is 10.6 Å². The number of hydrogen-bond donors (Lipinski definition) is 3. The largest absolute Gasteiger partial charge is 0.393 e. The SMILES string of the molecule is Cc1cc(Nc2ncc(F)c(C)n2)cc(-c2cnc(C(C)(O)CO)s2)c1. The van der Waals surface area contributed by atoms with Gasteiger partial charge in [-0.3, -0.25) is 0 Å². The number of aryl methyl sites for hydroxylation is 2. The number of rotatable bonds is 5. The van der Waals surface area contributed by atoms with Crippen LogP contribution in [0.3, 0.4) is 0 Å². The third kappa shape index (κ3) is 3.87. The van der Waals surface area contributed by atoms with E-state index in [1.807, 2.05) is 25.1 Å². The van der Waals surface area contributed by atoms with E-state index >= 15 is 0 Å². The molecule has 1 unspecified atom stereocenters. The first kappa shape index (κ1) is 18.4. The molecule has 6 nitrogen and oxygen atoms in total. The summed E-state index contributed by atoms with van der Waals surface area (Å²) in [7, 11) is 0. The molecule has 0 aliphatic heterocycles. The van der Waals surface area contributed by atoms with Gasteiger partial charge in [0.15, 0.2) is 5.82 Å². The summed E-state index contributed by atoms with van der Waals surface area (Å²) in [5.74, 6) is -0.137. The van der Waals surface area contributed by atoms with Crippen molar-refractivity contribution in [1.29, 1.82) is 0 Å². The molecule has 0 fully saturated rings. The van der Waals surface area contributed by atoms with Crippen molar-refractivity contribution in [3.63, 3.8) is 0 Å². The van der Waals surface area contributed by atoms with Crippen LogP contribution in [0.25, 0.3) is 10.4 Å². The van der Waals surface area contributed by atoms with Crippen molar-refractivity contribution in [3.05, 3.63) is 52.7 Å². The highest BCUT2D eigenvalue weighted by atomic mass is 32.1. The molecule has 26 heavy (non-hydrogen) atoms. The zero-order chi connectivity index (χ0) is 18.9.